The Morgan fingerprint density at radius 3 is 3.00 bits per heavy atom. The number of aromatic nitrogens is 1. The molecule has 3 heteroatoms. The van der Waals surface area contributed by atoms with Crippen LogP contribution < -0.4 is 5.32 Å². The fraction of sp³-hybridized carbons (Fsp3) is 0.556. The van der Waals surface area contributed by atoms with Gasteiger partial charge in [0.1, 0.15) is 0 Å². The van der Waals surface area contributed by atoms with Gasteiger partial charge >= 0.3 is 0 Å². The van der Waals surface area contributed by atoms with Crippen LogP contribution in [0.4, 0.5) is 4.39 Å². The van der Waals surface area contributed by atoms with E-state index in [1.807, 2.05) is 17.8 Å². The fourth-order valence-corrected chi connectivity index (χ4v) is 1.09. The van der Waals surface area contributed by atoms with Crippen molar-refractivity contribution in [2.24, 2.45) is 7.05 Å². The second-order valence-corrected chi connectivity index (χ2v) is 2.90. The average Bonchev–Trinajstić information content (AvgIpc) is 2.45. The molecule has 0 bridgehead atoms. The van der Waals surface area contributed by atoms with E-state index in [-0.39, 0.29) is 6.67 Å². The van der Waals surface area contributed by atoms with Crippen LogP contribution in [0.15, 0.2) is 18.5 Å². The first-order valence-corrected chi connectivity index (χ1v) is 4.20. The lowest BCUT2D eigenvalue weighted by atomic mass is 10.3. The van der Waals surface area contributed by atoms with Crippen molar-refractivity contribution in [1.82, 2.24) is 9.88 Å². The van der Waals surface area contributed by atoms with Crippen molar-refractivity contribution in [3.05, 3.63) is 24.0 Å². The van der Waals surface area contributed by atoms with Crippen molar-refractivity contribution in [2.75, 3.05) is 13.2 Å². The summed E-state index contributed by atoms with van der Waals surface area (Å²) < 4.78 is 13.7. The predicted octanol–water partition coefficient (Wildman–Crippen LogP) is 1.47. The largest absolute Gasteiger partial charge is 0.357 e. The van der Waals surface area contributed by atoms with Crippen LogP contribution >= 0.6 is 0 Å². The van der Waals surface area contributed by atoms with Gasteiger partial charge in [-0.3, -0.25) is 4.39 Å². The summed E-state index contributed by atoms with van der Waals surface area (Å²) in [6, 6.07) is 2.06. The van der Waals surface area contributed by atoms with Crippen molar-refractivity contribution < 1.29 is 4.39 Å². The van der Waals surface area contributed by atoms with E-state index in [1.54, 1.807) is 0 Å². The molecule has 1 aromatic rings. The van der Waals surface area contributed by atoms with Crippen LogP contribution in [0.1, 0.15) is 12.0 Å². The zero-order valence-corrected chi connectivity index (χ0v) is 7.39. The van der Waals surface area contributed by atoms with Crippen molar-refractivity contribution in [1.29, 1.82) is 0 Å². The molecule has 1 rings (SSSR count). The number of hydrogen-bond donors (Lipinski definition) is 1. The van der Waals surface area contributed by atoms with Crippen molar-refractivity contribution in [2.45, 2.75) is 13.0 Å². The second-order valence-electron chi connectivity index (χ2n) is 2.90. The summed E-state index contributed by atoms with van der Waals surface area (Å²) in [5.74, 6) is 0. The molecule has 0 fully saturated rings. The number of nitrogens with zero attached hydrogens (tertiary/aromatic N) is 1. The SMILES string of the molecule is Cn1ccc(CNCCCF)c1. The van der Waals surface area contributed by atoms with Crippen molar-refractivity contribution >= 4 is 0 Å². The van der Waals surface area contributed by atoms with E-state index in [0.717, 1.165) is 13.1 Å². The summed E-state index contributed by atoms with van der Waals surface area (Å²) in [5.41, 5.74) is 1.25. The molecule has 0 aliphatic carbocycles. The molecule has 0 amide bonds. The molecular formula is C9H15FN2. The Balaban J connectivity index is 2.15. The number of nitrogens with one attached hydrogen (secondary N) is 1. The van der Waals surface area contributed by atoms with Crippen LogP contribution in [-0.4, -0.2) is 17.8 Å². The van der Waals surface area contributed by atoms with Crippen LogP contribution in [0.3, 0.4) is 0 Å². The van der Waals surface area contributed by atoms with E-state index in [9.17, 15) is 4.39 Å². The van der Waals surface area contributed by atoms with Crippen LogP contribution in [-0.2, 0) is 13.6 Å². The third-order valence-electron chi connectivity index (χ3n) is 1.71. The number of aryl methyl sites for hydroxylation is 1. The summed E-state index contributed by atoms with van der Waals surface area (Å²) in [6.45, 7) is 1.36. The molecule has 0 aromatic carbocycles. The first-order valence-electron chi connectivity index (χ1n) is 4.20. The molecule has 0 saturated carbocycles. The third kappa shape index (κ3) is 3.05. The molecule has 0 atom stereocenters. The zero-order chi connectivity index (χ0) is 8.81. The maximum absolute atomic E-state index is 11.7. The van der Waals surface area contributed by atoms with Crippen LogP contribution in [0.5, 0.6) is 0 Å². The van der Waals surface area contributed by atoms with Gasteiger partial charge in [-0.1, -0.05) is 0 Å². The highest BCUT2D eigenvalue weighted by Crippen LogP contribution is 1.97. The Hall–Kier alpha value is -0.830. The lowest BCUT2D eigenvalue weighted by molar-refractivity contribution is 0.459. The van der Waals surface area contributed by atoms with Crippen molar-refractivity contribution in [3.8, 4) is 0 Å². The Labute approximate surface area is 72.4 Å². The number of hydrogen-bond acceptors (Lipinski definition) is 1. The smallest absolute Gasteiger partial charge is 0.0906 e. The average molecular weight is 170 g/mol. The molecule has 0 unspecified atom stereocenters. The van der Waals surface area contributed by atoms with Gasteiger partial charge < -0.3 is 9.88 Å². The van der Waals surface area contributed by atoms with Crippen LogP contribution in [0, 0.1) is 0 Å². The first-order chi connectivity index (χ1) is 5.83. The Morgan fingerprint density at radius 1 is 1.58 bits per heavy atom. The van der Waals surface area contributed by atoms with Gasteiger partial charge in [0.2, 0.25) is 0 Å². The Bertz CT molecular complexity index is 220. The molecular weight excluding hydrogens is 155 g/mol. The number of halogens is 1. The minimum atomic E-state index is -0.234. The number of alkyl halides is 1. The maximum Gasteiger partial charge on any atom is 0.0906 e. The van der Waals surface area contributed by atoms with E-state index >= 15 is 0 Å². The van der Waals surface area contributed by atoms with Gasteiger partial charge in [0.05, 0.1) is 6.67 Å². The first kappa shape index (κ1) is 9.26. The van der Waals surface area contributed by atoms with Gasteiger partial charge in [-0.15, -0.1) is 0 Å². The Morgan fingerprint density at radius 2 is 2.42 bits per heavy atom. The van der Waals surface area contributed by atoms with Gasteiger partial charge in [0.15, 0.2) is 0 Å². The van der Waals surface area contributed by atoms with E-state index in [1.165, 1.54) is 5.56 Å². The molecule has 1 N–H and O–H groups in total. The highest BCUT2D eigenvalue weighted by Gasteiger charge is 1.92. The molecule has 1 heterocycles. The minimum absolute atomic E-state index is 0.234. The molecule has 0 radical (unpaired) electrons. The lowest BCUT2D eigenvalue weighted by Gasteiger charge is -1.99. The van der Waals surface area contributed by atoms with Gasteiger partial charge in [-0.05, 0) is 24.6 Å². The molecule has 0 aliphatic heterocycles. The molecule has 1 aromatic heterocycles. The quantitative estimate of drug-likeness (QED) is 0.662. The van der Waals surface area contributed by atoms with Crippen LogP contribution in [0.25, 0.3) is 0 Å². The Kier molecular flexibility index (Phi) is 3.80. The van der Waals surface area contributed by atoms with E-state index < -0.39 is 0 Å². The summed E-state index contributed by atoms with van der Waals surface area (Å²) in [6.07, 6.45) is 4.67. The van der Waals surface area contributed by atoms with E-state index in [2.05, 4.69) is 17.6 Å². The van der Waals surface area contributed by atoms with E-state index in [0.29, 0.717) is 6.42 Å². The summed E-state index contributed by atoms with van der Waals surface area (Å²) in [4.78, 5) is 0. The molecule has 0 spiro atoms. The predicted molar refractivity (Wildman–Crippen MR) is 47.7 cm³/mol. The van der Waals surface area contributed by atoms with Gasteiger partial charge in [-0.2, -0.15) is 0 Å². The highest BCUT2D eigenvalue weighted by molar-refractivity contribution is 5.09. The molecule has 0 saturated heterocycles. The summed E-state index contributed by atoms with van der Waals surface area (Å²) in [7, 11) is 1.99. The maximum atomic E-state index is 11.7. The molecule has 12 heavy (non-hydrogen) atoms. The van der Waals surface area contributed by atoms with Gasteiger partial charge in [0, 0.05) is 26.0 Å². The van der Waals surface area contributed by atoms with Crippen LogP contribution in [0.2, 0.25) is 0 Å². The minimum Gasteiger partial charge on any atom is -0.357 e. The lowest BCUT2D eigenvalue weighted by Crippen LogP contribution is -2.14. The second kappa shape index (κ2) is 4.93. The highest BCUT2D eigenvalue weighted by atomic mass is 19.1. The van der Waals surface area contributed by atoms with Crippen molar-refractivity contribution in [3.63, 3.8) is 0 Å². The third-order valence-corrected chi connectivity index (χ3v) is 1.71. The summed E-state index contributed by atoms with van der Waals surface area (Å²) >= 11 is 0. The summed E-state index contributed by atoms with van der Waals surface area (Å²) in [5, 5.41) is 3.16. The molecule has 68 valence electrons. The topological polar surface area (TPSA) is 17.0 Å². The zero-order valence-electron chi connectivity index (χ0n) is 7.39. The number of rotatable bonds is 5. The monoisotopic (exact) mass is 170 g/mol. The van der Waals surface area contributed by atoms with E-state index in [4.69, 9.17) is 0 Å². The van der Waals surface area contributed by atoms with Gasteiger partial charge in [0.25, 0.3) is 0 Å². The molecule has 0 aliphatic rings. The molecule has 2 nitrogen and oxygen atoms in total. The van der Waals surface area contributed by atoms with Gasteiger partial charge in [-0.25, -0.2) is 0 Å². The fourth-order valence-electron chi connectivity index (χ4n) is 1.09. The standard InChI is InChI=1S/C9H15FN2/c1-12-6-3-9(8-12)7-11-5-2-4-10/h3,6,8,11H,2,4-5,7H2,1H3. The normalized spacial score (nSPS) is 10.5.